The molecular weight excluding hydrogens is 376 g/mol. The number of anilines is 1. The quantitative estimate of drug-likeness (QED) is 0.506. The summed E-state index contributed by atoms with van der Waals surface area (Å²) in [6.45, 7) is 0. The average Bonchev–Trinajstić information content (AvgIpc) is 2.62. The van der Waals surface area contributed by atoms with E-state index in [1.54, 1.807) is 42.5 Å². The fourth-order valence-corrected chi connectivity index (χ4v) is 3.61. The van der Waals surface area contributed by atoms with Gasteiger partial charge in [0, 0.05) is 16.8 Å². The molecule has 3 aromatic rings. The van der Waals surface area contributed by atoms with Gasteiger partial charge in [-0.25, -0.2) is 8.42 Å². The van der Waals surface area contributed by atoms with Gasteiger partial charge in [0.2, 0.25) is 0 Å². The number of nitro benzene ring substituents is 1. The molecule has 0 spiro atoms. The Hall–Kier alpha value is -2.90. The Labute approximate surface area is 155 Å². The van der Waals surface area contributed by atoms with Crippen molar-refractivity contribution in [3.8, 4) is 11.1 Å². The Morgan fingerprint density at radius 1 is 0.885 bits per heavy atom. The molecule has 0 heterocycles. The van der Waals surface area contributed by atoms with Crippen LogP contribution in [0.15, 0.2) is 77.7 Å². The normalized spacial score (nSPS) is 11.1. The zero-order valence-electron chi connectivity index (χ0n) is 13.3. The van der Waals surface area contributed by atoms with Crippen LogP contribution in [-0.2, 0) is 10.0 Å². The lowest BCUT2D eigenvalue weighted by atomic mass is 10.0. The van der Waals surface area contributed by atoms with Gasteiger partial charge in [-0.3, -0.25) is 14.8 Å². The number of hydrogen-bond donors (Lipinski definition) is 1. The smallest absolute Gasteiger partial charge is 0.277 e. The molecule has 1 N–H and O–H groups in total. The molecule has 26 heavy (non-hydrogen) atoms. The second kappa shape index (κ2) is 7.15. The Kier molecular flexibility index (Phi) is 4.92. The van der Waals surface area contributed by atoms with Gasteiger partial charge in [0.1, 0.15) is 0 Å². The van der Waals surface area contributed by atoms with Crippen LogP contribution in [0.1, 0.15) is 0 Å². The van der Waals surface area contributed by atoms with Gasteiger partial charge in [0.05, 0.1) is 15.4 Å². The first-order valence-electron chi connectivity index (χ1n) is 7.49. The van der Waals surface area contributed by atoms with Crippen molar-refractivity contribution in [3.63, 3.8) is 0 Å². The second-order valence-corrected chi connectivity index (χ2v) is 7.53. The first kappa shape index (κ1) is 17.9. The number of nitro groups is 1. The molecule has 0 amide bonds. The molecule has 0 fully saturated rings. The first-order chi connectivity index (χ1) is 12.4. The van der Waals surface area contributed by atoms with Crippen LogP contribution >= 0.6 is 11.6 Å². The van der Waals surface area contributed by atoms with E-state index in [4.69, 9.17) is 11.6 Å². The minimum atomic E-state index is -3.75. The third-order valence-corrected chi connectivity index (χ3v) is 5.32. The molecule has 8 heteroatoms. The minimum absolute atomic E-state index is 0.0120. The SMILES string of the molecule is O=[N+]([O-])c1ccccc1-c1ccc(NS(=O)(=O)c2ccc(Cl)cc2)cc1. The van der Waals surface area contributed by atoms with Crippen molar-refractivity contribution in [3.05, 3.63) is 87.9 Å². The third kappa shape index (κ3) is 3.84. The van der Waals surface area contributed by atoms with Crippen LogP contribution in [0, 0.1) is 10.1 Å². The second-order valence-electron chi connectivity index (χ2n) is 5.41. The lowest BCUT2D eigenvalue weighted by molar-refractivity contribution is -0.384. The highest BCUT2D eigenvalue weighted by Gasteiger charge is 2.16. The number of hydrogen-bond acceptors (Lipinski definition) is 4. The predicted octanol–water partition coefficient (Wildman–Crippen LogP) is 4.72. The summed E-state index contributed by atoms with van der Waals surface area (Å²) in [5.74, 6) is 0. The molecule has 3 aromatic carbocycles. The number of para-hydroxylation sites is 1. The van der Waals surface area contributed by atoms with Crippen molar-refractivity contribution in [1.29, 1.82) is 0 Å². The zero-order chi connectivity index (χ0) is 18.7. The highest BCUT2D eigenvalue weighted by Crippen LogP contribution is 2.30. The molecule has 0 unspecified atom stereocenters. The highest BCUT2D eigenvalue weighted by atomic mass is 35.5. The standard InChI is InChI=1S/C18H13ClN2O4S/c19-14-7-11-16(12-8-14)26(24,25)20-15-9-5-13(6-10-15)17-3-1-2-4-18(17)21(22)23/h1-12,20H. The Balaban J connectivity index is 1.87. The van der Waals surface area contributed by atoms with Gasteiger partial charge in [-0.15, -0.1) is 0 Å². The zero-order valence-corrected chi connectivity index (χ0v) is 14.9. The molecule has 0 saturated heterocycles. The van der Waals surface area contributed by atoms with E-state index in [0.717, 1.165) is 0 Å². The predicted molar refractivity (Wildman–Crippen MR) is 101 cm³/mol. The summed E-state index contributed by atoms with van der Waals surface area (Å²) in [7, 11) is -3.75. The van der Waals surface area contributed by atoms with Crippen molar-refractivity contribution in [2.75, 3.05) is 4.72 Å². The molecule has 0 aliphatic heterocycles. The lowest BCUT2D eigenvalue weighted by Gasteiger charge is -2.09. The van der Waals surface area contributed by atoms with Gasteiger partial charge in [0.25, 0.3) is 15.7 Å². The van der Waals surface area contributed by atoms with Crippen LogP contribution in [0.4, 0.5) is 11.4 Å². The van der Waals surface area contributed by atoms with Crippen molar-refractivity contribution >= 4 is 33.0 Å². The maximum absolute atomic E-state index is 12.4. The van der Waals surface area contributed by atoms with Crippen molar-refractivity contribution < 1.29 is 13.3 Å². The molecule has 3 rings (SSSR count). The summed E-state index contributed by atoms with van der Waals surface area (Å²) in [6.07, 6.45) is 0. The van der Waals surface area contributed by atoms with E-state index in [0.29, 0.717) is 21.8 Å². The van der Waals surface area contributed by atoms with Gasteiger partial charge < -0.3 is 0 Å². The van der Waals surface area contributed by atoms with Gasteiger partial charge in [-0.1, -0.05) is 35.9 Å². The molecule has 0 saturated carbocycles. The molecule has 0 atom stereocenters. The molecule has 0 aliphatic carbocycles. The Morgan fingerprint density at radius 2 is 1.50 bits per heavy atom. The maximum atomic E-state index is 12.4. The Morgan fingerprint density at radius 3 is 2.12 bits per heavy atom. The van der Waals surface area contributed by atoms with E-state index in [9.17, 15) is 18.5 Å². The summed E-state index contributed by atoms with van der Waals surface area (Å²) in [5, 5.41) is 11.6. The van der Waals surface area contributed by atoms with Crippen LogP contribution in [0.2, 0.25) is 5.02 Å². The topological polar surface area (TPSA) is 89.3 Å². The van der Waals surface area contributed by atoms with Crippen LogP contribution < -0.4 is 4.72 Å². The summed E-state index contributed by atoms with van der Waals surface area (Å²) >= 11 is 5.77. The molecule has 6 nitrogen and oxygen atoms in total. The summed E-state index contributed by atoms with van der Waals surface area (Å²) in [6, 6.07) is 18.5. The average molecular weight is 389 g/mol. The number of rotatable bonds is 5. The summed E-state index contributed by atoms with van der Waals surface area (Å²) < 4.78 is 27.2. The van der Waals surface area contributed by atoms with E-state index in [1.807, 2.05) is 0 Å². The first-order valence-corrected chi connectivity index (χ1v) is 9.35. The van der Waals surface area contributed by atoms with Gasteiger partial charge in [0.15, 0.2) is 0 Å². The van der Waals surface area contributed by atoms with Crippen LogP contribution in [-0.4, -0.2) is 13.3 Å². The number of benzene rings is 3. The minimum Gasteiger partial charge on any atom is -0.280 e. The van der Waals surface area contributed by atoms with Crippen LogP contribution in [0.25, 0.3) is 11.1 Å². The van der Waals surface area contributed by atoms with E-state index < -0.39 is 14.9 Å². The summed E-state index contributed by atoms with van der Waals surface area (Å²) in [5.41, 5.74) is 1.42. The molecule has 0 aromatic heterocycles. The van der Waals surface area contributed by atoms with Gasteiger partial charge in [-0.2, -0.15) is 0 Å². The van der Waals surface area contributed by atoms with Gasteiger partial charge >= 0.3 is 0 Å². The molecule has 0 bridgehead atoms. The monoisotopic (exact) mass is 388 g/mol. The largest absolute Gasteiger partial charge is 0.280 e. The van der Waals surface area contributed by atoms with Crippen molar-refractivity contribution in [2.24, 2.45) is 0 Å². The van der Waals surface area contributed by atoms with Gasteiger partial charge in [-0.05, 0) is 48.0 Å². The van der Waals surface area contributed by atoms with E-state index >= 15 is 0 Å². The molecule has 132 valence electrons. The Bertz CT molecular complexity index is 1050. The fourth-order valence-electron chi connectivity index (χ4n) is 2.42. The van der Waals surface area contributed by atoms with Crippen molar-refractivity contribution in [2.45, 2.75) is 4.90 Å². The van der Waals surface area contributed by atoms with Crippen LogP contribution in [0.3, 0.4) is 0 Å². The number of nitrogens with zero attached hydrogens (tertiary/aromatic N) is 1. The van der Waals surface area contributed by atoms with E-state index in [-0.39, 0.29) is 10.6 Å². The number of sulfonamides is 1. The maximum Gasteiger partial charge on any atom is 0.277 e. The van der Waals surface area contributed by atoms with E-state index in [2.05, 4.69) is 4.72 Å². The molecule has 0 aliphatic rings. The summed E-state index contributed by atoms with van der Waals surface area (Å²) in [4.78, 5) is 10.8. The van der Waals surface area contributed by atoms with Crippen LogP contribution in [0.5, 0.6) is 0 Å². The lowest BCUT2D eigenvalue weighted by Crippen LogP contribution is -2.12. The molecular formula is C18H13ClN2O4S. The fraction of sp³-hybridized carbons (Fsp3) is 0. The number of halogens is 1. The molecule has 0 radical (unpaired) electrons. The van der Waals surface area contributed by atoms with Crippen molar-refractivity contribution in [1.82, 2.24) is 0 Å². The third-order valence-electron chi connectivity index (χ3n) is 3.67. The number of nitrogens with one attached hydrogen (secondary N) is 1. The van der Waals surface area contributed by atoms with E-state index in [1.165, 1.54) is 30.3 Å². The highest BCUT2D eigenvalue weighted by molar-refractivity contribution is 7.92.